The molecule has 0 saturated carbocycles. The van der Waals surface area contributed by atoms with E-state index in [1.165, 1.54) is 4.38 Å². The molecular weight excluding hydrogens is 188 g/mol. The van der Waals surface area contributed by atoms with Crippen molar-refractivity contribution >= 4 is 40.3 Å². The summed E-state index contributed by atoms with van der Waals surface area (Å²) < 4.78 is 1.22. The van der Waals surface area contributed by atoms with Gasteiger partial charge in [0.25, 0.3) is 0 Å². The van der Waals surface area contributed by atoms with Crippen LogP contribution in [0.25, 0.3) is 0 Å². The Morgan fingerprint density at radius 1 is 1.70 bits per heavy atom. The van der Waals surface area contributed by atoms with E-state index in [2.05, 4.69) is 4.99 Å². The van der Waals surface area contributed by atoms with Gasteiger partial charge < -0.3 is 5.73 Å². The van der Waals surface area contributed by atoms with E-state index in [0.717, 1.165) is 24.6 Å². The van der Waals surface area contributed by atoms with Crippen molar-refractivity contribution in [3.05, 3.63) is 0 Å². The van der Waals surface area contributed by atoms with Gasteiger partial charge in [-0.15, -0.1) is 12.4 Å². The molecule has 0 atom stereocenters. The fraction of sp³-hybridized carbons (Fsp3) is 0.800. The average Bonchev–Trinajstić information content (AvgIpc) is 2.34. The Labute approximate surface area is 75.8 Å². The van der Waals surface area contributed by atoms with Crippen LogP contribution in [0.4, 0.5) is 0 Å². The minimum atomic E-state index is 0. The van der Waals surface area contributed by atoms with Gasteiger partial charge in [0.2, 0.25) is 0 Å². The second-order valence-electron chi connectivity index (χ2n) is 1.63. The predicted molar refractivity (Wildman–Crippen MR) is 53.5 cm³/mol. The minimum Gasteiger partial charge on any atom is -0.330 e. The number of hydrogen-bond donors (Lipinski definition) is 1. The fourth-order valence-corrected chi connectivity index (χ4v) is 2.40. The van der Waals surface area contributed by atoms with Gasteiger partial charge in [0.05, 0.1) is 6.54 Å². The standard InChI is InChI=1S/C5H10N2S2.ClH/c6-1-3-8-5-7-2-4-9-5;/h1-4,6H2;1H. The minimum absolute atomic E-state index is 0. The number of nitrogens with zero attached hydrogens (tertiary/aromatic N) is 1. The van der Waals surface area contributed by atoms with Gasteiger partial charge in [-0.25, -0.2) is 0 Å². The van der Waals surface area contributed by atoms with Gasteiger partial charge in [-0.3, -0.25) is 4.99 Å². The SMILES string of the molecule is Cl.NCCSC1=NCCS1. The molecule has 60 valence electrons. The molecular formula is C5H11ClN2S2. The van der Waals surface area contributed by atoms with Gasteiger partial charge in [-0.1, -0.05) is 23.5 Å². The molecule has 0 spiro atoms. The Kier molecular flexibility index (Phi) is 6.73. The molecule has 5 heteroatoms. The van der Waals surface area contributed by atoms with Crippen molar-refractivity contribution in [2.45, 2.75) is 0 Å². The lowest BCUT2D eigenvalue weighted by Gasteiger charge is -1.94. The van der Waals surface area contributed by atoms with Crippen molar-refractivity contribution in [2.24, 2.45) is 10.7 Å². The second-order valence-corrected chi connectivity index (χ2v) is 4.06. The van der Waals surface area contributed by atoms with Crippen LogP contribution in [0.1, 0.15) is 0 Å². The summed E-state index contributed by atoms with van der Waals surface area (Å²) in [5, 5.41) is 0. The van der Waals surface area contributed by atoms with Crippen LogP contribution in [-0.2, 0) is 0 Å². The van der Waals surface area contributed by atoms with Crippen LogP contribution in [0, 0.1) is 0 Å². The third kappa shape index (κ3) is 3.71. The number of halogens is 1. The maximum absolute atomic E-state index is 5.32. The number of rotatable bonds is 2. The zero-order chi connectivity index (χ0) is 6.53. The third-order valence-corrected chi connectivity index (χ3v) is 3.19. The second kappa shape index (κ2) is 6.34. The normalized spacial score (nSPS) is 16.3. The summed E-state index contributed by atoms with van der Waals surface area (Å²) in [6, 6.07) is 0. The van der Waals surface area contributed by atoms with Gasteiger partial charge in [0.1, 0.15) is 4.38 Å². The Morgan fingerprint density at radius 3 is 3.00 bits per heavy atom. The largest absolute Gasteiger partial charge is 0.330 e. The molecule has 1 heterocycles. The lowest BCUT2D eigenvalue weighted by molar-refractivity contribution is 1.15. The van der Waals surface area contributed by atoms with Gasteiger partial charge in [-0.05, 0) is 0 Å². The third-order valence-electron chi connectivity index (χ3n) is 0.901. The van der Waals surface area contributed by atoms with E-state index in [9.17, 15) is 0 Å². The Balaban J connectivity index is 0.000000810. The van der Waals surface area contributed by atoms with Crippen molar-refractivity contribution in [2.75, 3.05) is 24.6 Å². The first kappa shape index (κ1) is 10.6. The molecule has 0 aliphatic carbocycles. The molecule has 0 amide bonds. The van der Waals surface area contributed by atoms with Gasteiger partial charge in [0.15, 0.2) is 0 Å². The molecule has 0 aromatic rings. The first-order valence-electron chi connectivity index (χ1n) is 2.93. The highest BCUT2D eigenvalue weighted by atomic mass is 35.5. The summed E-state index contributed by atoms with van der Waals surface area (Å²) in [6.45, 7) is 1.75. The highest BCUT2D eigenvalue weighted by Crippen LogP contribution is 2.20. The topological polar surface area (TPSA) is 38.4 Å². The zero-order valence-corrected chi connectivity index (χ0v) is 8.03. The van der Waals surface area contributed by atoms with E-state index < -0.39 is 0 Å². The molecule has 0 saturated heterocycles. The zero-order valence-electron chi connectivity index (χ0n) is 5.58. The Bertz CT molecular complexity index is 118. The van der Waals surface area contributed by atoms with Crippen molar-refractivity contribution < 1.29 is 0 Å². The summed E-state index contributed by atoms with van der Waals surface area (Å²) >= 11 is 3.61. The summed E-state index contributed by atoms with van der Waals surface area (Å²) in [4.78, 5) is 4.26. The Hall–Kier alpha value is 0.620. The summed E-state index contributed by atoms with van der Waals surface area (Å²) in [5.74, 6) is 2.17. The molecule has 2 N–H and O–H groups in total. The van der Waals surface area contributed by atoms with E-state index in [4.69, 9.17) is 5.73 Å². The lowest BCUT2D eigenvalue weighted by Crippen LogP contribution is -2.02. The summed E-state index contributed by atoms with van der Waals surface area (Å²) in [5.41, 5.74) is 5.32. The number of hydrogen-bond acceptors (Lipinski definition) is 4. The molecule has 0 radical (unpaired) electrons. The van der Waals surface area contributed by atoms with Crippen LogP contribution in [0.2, 0.25) is 0 Å². The highest BCUT2D eigenvalue weighted by molar-refractivity contribution is 8.39. The van der Waals surface area contributed by atoms with E-state index >= 15 is 0 Å². The molecule has 0 fully saturated rings. The molecule has 0 aromatic carbocycles. The van der Waals surface area contributed by atoms with Crippen LogP contribution in [0.15, 0.2) is 4.99 Å². The first-order valence-corrected chi connectivity index (χ1v) is 4.90. The van der Waals surface area contributed by atoms with E-state index in [-0.39, 0.29) is 12.4 Å². The van der Waals surface area contributed by atoms with Crippen molar-refractivity contribution in [3.63, 3.8) is 0 Å². The van der Waals surface area contributed by atoms with Crippen molar-refractivity contribution in [1.82, 2.24) is 0 Å². The molecule has 0 unspecified atom stereocenters. The first-order chi connectivity index (χ1) is 4.43. The molecule has 1 aliphatic heterocycles. The number of aliphatic imine (C=N–C) groups is 1. The van der Waals surface area contributed by atoms with E-state index in [0.29, 0.717) is 0 Å². The molecule has 1 aliphatic rings. The number of thioether (sulfide) groups is 2. The monoisotopic (exact) mass is 198 g/mol. The predicted octanol–water partition coefficient (Wildman–Crippen LogP) is 1.20. The fourth-order valence-electron chi connectivity index (χ4n) is 0.549. The van der Waals surface area contributed by atoms with Crippen LogP contribution in [0.5, 0.6) is 0 Å². The average molecular weight is 199 g/mol. The van der Waals surface area contributed by atoms with E-state index in [1.807, 2.05) is 11.8 Å². The number of nitrogens with two attached hydrogens (primary N) is 1. The van der Waals surface area contributed by atoms with Crippen LogP contribution >= 0.6 is 35.9 Å². The van der Waals surface area contributed by atoms with Gasteiger partial charge >= 0.3 is 0 Å². The summed E-state index contributed by atoms with van der Waals surface area (Å²) in [7, 11) is 0. The van der Waals surface area contributed by atoms with Gasteiger partial charge in [-0.2, -0.15) is 0 Å². The highest BCUT2D eigenvalue weighted by Gasteiger charge is 2.05. The molecule has 2 nitrogen and oxygen atoms in total. The molecule has 0 bridgehead atoms. The quantitative estimate of drug-likeness (QED) is 0.725. The smallest absolute Gasteiger partial charge is 0.124 e. The molecule has 1 rings (SSSR count). The molecule has 10 heavy (non-hydrogen) atoms. The maximum Gasteiger partial charge on any atom is 0.124 e. The van der Waals surface area contributed by atoms with Crippen molar-refractivity contribution in [1.29, 1.82) is 0 Å². The van der Waals surface area contributed by atoms with Crippen LogP contribution < -0.4 is 5.73 Å². The maximum atomic E-state index is 5.32. The molecule has 0 aromatic heterocycles. The van der Waals surface area contributed by atoms with Crippen LogP contribution in [-0.4, -0.2) is 29.0 Å². The Morgan fingerprint density at radius 2 is 2.50 bits per heavy atom. The van der Waals surface area contributed by atoms with Crippen LogP contribution in [0.3, 0.4) is 0 Å². The van der Waals surface area contributed by atoms with Gasteiger partial charge in [0, 0.05) is 18.1 Å². The lowest BCUT2D eigenvalue weighted by atomic mass is 10.8. The summed E-state index contributed by atoms with van der Waals surface area (Å²) in [6.07, 6.45) is 0. The van der Waals surface area contributed by atoms with E-state index in [1.54, 1.807) is 11.8 Å². The van der Waals surface area contributed by atoms with Crippen molar-refractivity contribution in [3.8, 4) is 0 Å².